The molecule has 0 spiro atoms. The van der Waals surface area contributed by atoms with E-state index in [1.165, 1.54) is 11.3 Å². The number of fused-ring (bicyclic) bond motifs is 1. The number of amides is 1. The first kappa shape index (κ1) is 22.9. The Morgan fingerprint density at radius 1 is 1.03 bits per heavy atom. The first-order chi connectivity index (χ1) is 17.0. The summed E-state index contributed by atoms with van der Waals surface area (Å²) >= 11 is 0. The number of carbonyl (C=O) groups excluding carboxylic acids is 1. The minimum absolute atomic E-state index is 0.101. The summed E-state index contributed by atoms with van der Waals surface area (Å²) in [6.07, 6.45) is 4.01. The Bertz CT molecular complexity index is 1290. The molecule has 1 saturated heterocycles. The second-order valence-corrected chi connectivity index (χ2v) is 8.90. The zero-order valence-electron chi connectivity index (χ0n) is 20.1. The summed E-state index contributed by atoms with van der Waals surface area (Å²) in [5, 5.41) is 3.08. The highest BCUT2D eigenvalue weighted by atomic mass is 16.5. The van der Waals surface area contributed by atoms with Gasteiger partial charge in [0.25, 0.3) is 5.91 Å². The van der Waals surface area contributed by atoms with E-state index in [4.69, 9.17) is 9.47 Å². The molecule has 1 aliphatic heterocycles. The predicted molar refractivity (Wildman–Crippen MR) is 136 cm³/mol. The van der Waals surface area contributed by atoms with Crippen LogP contribution in [0.4, 0.5) is 5.69 Å². The van der Waals surface area contributed by atoms with Crippen molar-refractivity contribution in [1.82, 2.24) is 14.7 Å². The average Bonchev–Trinajstić information content (AvgIpc) is 3.30. The van der Waals surface area contributed by atoms with Gasteiger partial charge in [-0.3, -0.25) is 4.79 Å². The number of hydrogen-bond donors (Lipinski definition) is 1. The van der Waals surface area contributed by atoms with E-state index in [2.05, 4.69) is 46.4 Å². The van der Waals surface area contributed by atoms with E-state index in [1.54, 1.807) is 12.1 Å². The number of benzene rings is 2. The summed E-state index contributed by atoms with van der Waals surface area (Å²) in [5.41, 5.74) is 5.77. The Morgan fingerprint density at radius 2 is 1.77 bits per heavy atom. The maximum Gasteiger partial charge on any atom is 0.251 e. The number of anilines is 1. The van der Waals surface area contributed by atoms with Crippen LogP contribution < -0.4 is 15.0 Å². The number of pyridine rings is 1. The minimum atomic E-state index is -0.114. The second-order valence-electron chi connectivity index (χ2n) is 8.90. The van der Waals surface area contributed by atoms with Crippen LogP contribution in [0.3, 0.4) is 0 Å². The molecular formula is C28H30N4O3. The van der Waals surface area contributed by atoms with Crippen molar-refractivity contribution in [3.63, 3.8) is 0 Å². The van der Waals surface area contributed by atoms with Gasteiger partial charge in [0.1, 0.15) is 18.0 Å². The number of nitrogens with one attached hydrogen (secondary N) is 1. The van der Waals surface area contributed by atoms with Gasteiger partial charge >= 0.3 is 0 Å². The summed E-state index contributed by atoms with van der Waals surface area (Å²) in [7, 11) is 0. The number of aryl methyl sites for hydroxylation is 1. The topological polar surface area (TPSA) is 68.1 Å². The third-order valence-electron chi connectivity index (χ3n) is 6.27. The highest BCUT2D eigenvalue weighted by Crippen LogP contribution is 2.21. The lowest BCUT2D eigenvalue weighted by Crippen LogP contribution is -2.36. The van der Waals surface area contributed by atoms with Crippen LogP contribution in [0.25, 0.3) is 5.65 Å². The number of nitrogens with zero attached hydrogens (tertiary/aromatic N) is 3. The lowest BCUT2D eigenvalue weighted by atomic mass is 10.1. The fraction of sp³-hybridized carbons (Fsp3) is 0.286. The molecule has 3 heterocycles. The van der Waals surface area contributed by atoms with Crippen LogP contribution in [-0.4, -0.2) is 41.6 Å². The number of aromatic nitrogens is 2. The van der Waals surface area contributed by atoms with Crippen molar-refractivity contribution < 1.29 is 14.3 Å². The van der Waals surface area contributed by atoms with Gasteiger partial charge in [0, 0.05) is 36.7 Å². The van der Waals surface area contributed by atoms with Gasteiger partial charge in [-0.15, -0.1) is 0 Å². The van der Waals surface area contributed by atoms with Crippen LogP contribution in [-0.2, 0) is 11.3 Å². The molecule has 0 aliphatic carbocycles. The fourth-order valence-electron chi connectivity index (χ4n) is 4.24. The molecule has 0 radical (unpaired) electrons. The molecule has 7 heteroatoms. The quantitative estimate of drug-likeness (QED) is 0.429. The number of imidazole rings is 1. The Balaban J connectivity index is 1.15. The van der Waals surface area contributed by atoms with Crippen molar-refractivity contribution in [1.29, 1.82) is 0 Å². The number of rotatable bonds is 7. The van der Waals surface area contributed by atoms with Gasteiger partial charge in [0.15, 0.2) is 0 Å². The standard InChI is InChI=1S/C28H30N4O3/c1-20-3-12-27-30-24(18-32(27)17-20)19-35-26-10-6-23(7-11-26)28(33)29-21(2)22-4-8-25(9-5-22)31-13-15-34-16-14-31/h3-12,17-18,21H,13-16,19H2,1-2H3,(H,29,33). The Kier molecular flexibility index (Phi) is 6.68. The highest BCUT2D eigenvalue weighted by molar-refractivity contribution is 5.94. The molecule has 1 N–H and O–H groups in total. The van der Waals surface area contributed by atoms with Crippen molar-refractivity contribution in [3.8, 4) is 5.75 Å². The maximum absolute atomic E-state index is 12.8. The monoisotopic (exact) mass is 470 g/mol. The Morgan fingerprint density at radius 3 is 2.51 bits per heavy atom. The Labute approximate surface area is 205 Å². The molecule has 35 heavy (non-hydrogen) atoms. The minimum Gasteiger partial charge on any atom is -0.487 e. The molecule has 0 saturated carbocycles. The molecule has 2 aromatic heterocycles. The lowest BCUT2D eigenvalue weighted by molar-refractivity contribution is 0.0940. The van der Waals surface area contributed by atoms with E-state index in [-0.39, 0.29) is 11.9 Å². The van der Waals surface area contributed by atoms with Crippen molar-refractivity contribution in [2.45, 2.75) is 26.5 Å². The predicted octanol–water partition coefficient (Wildman–Crippen LogP) is 4.55. The smallest absolute Gasteiger partial charge is 0.251 e. The van der Waals surface area contributed by atoms with E-state index in [0.29, 0.717) is 17.9 Å². The van der Waals surface area contributed by atoms with Crippen LogP contribution in [0.2, 0.25) is 0 Å². The molecular weight excluding hydrogens is 440 g/mol. The maximum atomic E-state index is 12.8. The summed E-state index contributed by atoms with van der Waals surface area (Å²) < 4.78 is 13.3. The van der Waals surface area contributed by atoms with E-state index in [9.17, 15) is 4.79 Å². The number of carbonyl (C=O) groups is 1. The van der Waals surface area contributed by atoms with Gasteiger partial charge in [-0.25, -0.2) is 4.98 Å². The first-order valence-corrected chi connectivity index (χ1v) is 12.0. The zero-order chi connectivity index (χ0) is 24.2. The van der Waals surface area contributed by atoms with Crippen LogP contribution in [0.5, 0.6) is 5.75 Å². The molecule has 1 atom stereocenters. The number of hydrogen-bond acceptors (Lipinski definition) is 5. The van der Waals surface area contributed by atoms with Crippen molar-refractivity contribution in [2.24, 2.45) is 0 Å². The molecule has 2 aromatic carbocycles. The van der Waals surface area contributed by atoms with E-state index in [1.807, 2.05) is 48.0 Å². The van der Waals surface area contributed by atoms with Crippen molar-refractivity contribution in [2.75, 3.05) is 31.2 Å². The van der Waals surface area contributed by atoms with Gasteiger partial charge in [-0.1, -0.05) is 18.2 Å². The molecule has 180 valence electrons. The summed E-state index contributed by atoms with van der Waals surface area (Å²) in [5.74, 6) is 0.582. The SMILES string of the molecule is Cc1ccc2nc(COc3ccc(C(=O)NC(C)c4ccc(N5CCOCC5)cc4)cc3)cn2c1. The molecule has 1 amide bonds. The molecule has 5 rings (SSSR count). The van der Waals surface area contributed by atoms with Crippen LogP contribution >= 0.6 is 0 Å². The third kappa shape index (κ3) is 5.46. The first-order valence-electron chi connectivity index (χ1n) is 12.0. The highest BCUT2D eigenvalue weighted by Gasteiger charge is 2.14. The second kappa shape index (κ2) is 10.2. The molecule has 0 bridgehead atoms. The van der Waals surface area contributed by atoms with Gasteiger partial charge in [0.2, 0.25) is 0 Å². The zero-order valence-corrected chi connectivity index (χ0v) is 20.1. The van der Waals surface area contributed by atoms with Crippen molar-refractivity contribution in [3.05, 3.63) is 95.4 Å². The normalized spacial score (nSPS) is 14.6. The van der Waals surface area contributed by atoms with Crippen LogP contribution in [0, 0.1) is 6.92 Å². The molecule has 7 nitrogen and oxygen atoms in total. The summed E-state index contributed by atoms with van der Waals surface area (Å²) in [6, 6.07) is 19.5. The van der Waals surface area contributed by atoms with Crippen LogP contribution in [0.15, 0.2) is 73.1 Å². The fourth-order valence-corrected chi connectivity index (χ4v) is 4.24. The van der Waals surface area contributed by atoms with Gasteiger partial charge in [0.05, 0.1) is 24.9 Å². The largest absolute Gasteiger partial charge is 0.487 e. The lowest BCUT2D eigenvalue weighted by Gasteiger charge is -2.29. The molecule has 1 aliphatic rings. The van der Waals surface area contributed by atoms with E-state index in [0.717, 1.165) is 43.2 Å². The average molecular weight is 471 g/mol. The molecule has 1 fully saturated rings. The summed E-state index contributed by atoms with van der Waals surface area (Å²) in [6.45, 7) is 7.75. The summed E-state index contributed by atoms with van der Waals surface area (Å²) in [4.78, 5) is 19.7. The van der Waals surface area contributed by atoms with Crippen LogP contribution in [0.1, 0.15) is 40.1 Å². The number of ether oxygens (including phenoxy) is 2. The van der Waals surface area contributed by atoms with Gasteiger partial charge in [-0.2, -0.15) is 0 Å². The third-order valence-corrected chi connectivity index (χ3v) is 6.27. The Hall–Kier alpha value is -3.84. The van der Waals surface area contributed by atoms with Gasteiger partial charge < -0.3 is 24.1 Å². The van der Waals surface area contributed by atoms with Crippen molar-refractivity contribution >= 4 is 17.2 Å². The van der Waals surface area contributed by atoms with E-state index >= 15 is 0 Å². The number of morpholine rings is 1. The molecule has 4 aromatic rings. The molecule has 1 unspecified atom stereocenters. The van der Waals surface area contributed by atoms with E-state index < -0.39 is 0 Å². The van der Waals surface area contributed by atoms with Gasteiger partial charge in [-0.05, 0) is 67.4 Å².